The number of ether oxygens (including phenoxy) is 1. The van der Waals surface area contributed by atoms with E-state index in [0.29, 0.717) is 11.8 Å². The summed E-state index contributed by atoms with van der Waals surface area (Å²) < 4.78 is 5.58. The fraction of sp³-hybridized carbons (Fsp3) is 0.543. The van der Waals surface area contributed by atoms with Gasteiger partial charge in [0.2, 0.25) is 0 Å². The zero-order valence-corrected chi connectivity index (χ0v) is 22.7. The molecule has 2 aromatic rings. The van der Waals surface area contributed by atoms with Crippen LogP contribution in [0.2, 0.25) is 0 Å². The molecule has 36 heavy (non-hydrogen) atoms. The zero-order valence-electron chi connectivity index (χ0n) is 22.7. The highest BCUT2D eigenvalue weighted by atomic mass is 16.5. The number of rotatable bonds is 9. The zero-order chi connectivity index (χ0) is 25.0. The Morgan fingerprint density at radius 3 is 1.97 bits per heavy atom. The Kier molecular flexibility index (Phi) is 10.6. The van der Waals surface area contributed by atoms with Crippen LogP contribution in [-0.2, 0) is 0 Å². The topological polar surface area (TPSA) is 9.23 Å². The van der Waals surface area contributed by atoms with Crippen LogP contribution in [-0.4, -0.2) is 6.61 Å². The Bertz CT molecular complexity index is 972. The van der Waals surface area contributed by atoms with E-state index in [0.717, 1.165) is 29.8 Å². The van der Waals surface area contributed by atoms with Gasteiger partial charge in [0.05, 0.1) is 6.61 Å². The third-order valence-corrected chi connectivity index (χ3v) is 8.55. The van der Waals surface area contributed by atoms with Gasteiger partial charge in [-0.15, -0.1) is 0 Å². The van der Waals surface area contributed by atoms with Gasteiger partial charge in [0.25, 0.3) is 0 Å². The fourth-order valence-electron chi connectivity index (χ4n) is 6.26. The molecule has 2 fully saturated rings. The molecule has 192 valence electrons. The second-order valence-corrected chi connectivity index (χ2v) is 11.1. The molecular weight excluding hydrogens is 436 g/mol. The van der Waals surface area contributed by atoms with Gasteiger partial charge >= 0.3 is 0 Å². The van der Waals surface area contributed by atoms with E-state index < -0.39 is 0 Å². The van der Waals surface area contributed by atoms with Crippen molar-refractivity contribution in [2.45, 2.75) is 103 Å². The van der Waals surface area contributed by atoms with E-state index in [4.69, 9.17) is 4.74 Å². The van der Waals surface area contributed by atoms with Gasteiger partial charge in [-0.3, -0.25) is 0 Å². The van der Waals surface area contributed by atoms with E-state index in [2.05, 4.69) is 79.4 Å². The number of hydrogen-bond acceptors (Lipinski definition) is 1. The first-order valence-electron chi connectivity index (χ1n) is 14.8. The molecule has 2 aromatic carbocycles. The summed E-state index contributed by atoms with van der Waals surface area (Å²) >= 11 is 0. The first-order chi connectivity index (χ1) is 17.7. The molecule has 0 heterocycles. The molecule has 2 aliphatic carbocycles. The van der Waals surface area contributed by atoms with Crippen molar-refractivity contribution in [1.82, 2.24) is 0 Å². The minimum atomic E-state index is 0.665. The first kappa shape index (κ1) is 26.6. The largest absolute Gasteiger partial charge is 0.494 e. The van der Waals surface area contributed by atoms with Crippen LogP contribution < -0.4 is 4.74 Å². The van der Waals surface area contributed by atoms with E-state index in [9.17, 15) is 0 Å². The molecule has 0 aliphatic heterocycles. The van der Waals surface area contributed by atoms with E-state index in [1.54, 1.807) is 0 Å². The van der Waals surface area contributed by atoms with Crippen molar-refractivity contribution in [2.24, 2.45) is 11.8 Å². The Morgan fingerprint density at radius 2 is 1.36 bits per heavy atom. The molecular formula is C35H46O. The van der Waals surface area contributed by atoms with E-state index >= 15 is 0 Å². The molecule has 1 nitrogen and oxygen atoms in total. The second kappa shape index (κ2) is 14.3. The van der Waals surface area contributed by atoms with Crippen LogP contribution in [0.15, 0.2) is 60.7 Å². The van der Waals surface area contributed by atoms with Gasteiger partial charge < -0.3 is 4.74 Å². The predicted molar refractivity (Wildman–Crippen MR) is 154 cm³/mol. The summed E-state index contributed by atoms with van der Waals surface area (Å²) in [5.74, 6) is 10.7. The average molecular weight is 483 g/mol. The van der Waals surface area contributed by atoms with Crippen LogP contribution >= 0.6 is 0 Å². The van der Waals surface area contributed by atoms with Crippen molar-refractivity contribution in [1.29, 1.82) is 0 Å². The summed E-state index contributed by atoms with van der Waals surface area (Å²) in [6.07, 6.45) is 20.7. The molecule has 0 radical (unpaired) electrons. The summed E-state index contributed by atoms with van der Waals surface area (Å²) in [5, 5.41) is 0. The first-order valence-corrected chi connectivity index (χ1v) is 14.8. The molecule has 0 aromatic heterocycles. The lowest BCUT2D eigenvalue weighted by molar-refractivity contribution is 0.303. The predicted octanol–water partition coefficient (Wildman–Crippen LogP) is 9.82. The highest BCUT2D eigenvalue weighted by Crippen LogP contribution is 2.38. The van der Waals surface area contributed by atoms with Crippen LogP contribution in [0, 0.1) is 23.7 Å². The Labute approximate surface area is 220 Å². The van der Waals surface area contributed by atoms with E-state index in [-0.39, 0.29) is 0 Å². The standard InChI is InChI=1S/C35H46O/c1-3-5-6-9-28-12-18-31(19-13-28)32-20-14-29(15-21-32)10-7-8-11-30-16-22-33(23-17-30)34-24-26-35(27-25-34)36-4-2/h8,11,14-15,20-21,24-28,30-31,33H,3-6,9,12-13,16-19,22-23H2,1-2H3/b11-8+. The van der Waals surface area contributed by atoms with Crippen LogP contribution in [0.3, 0.4) is 0 Å². The van der Waals surface area contributed by atoms with Crippen molar-refractivity contribution in [3.8, 4) is 17.6 Å². The lowest BCUT2D eigenvalue weighted by Crippen LogP contribution is -2.13. The van der Waals surface area contributed by atoms with Gasteiger partial charge in [-0.25, -0.2) is 0 Å². The van der Waals surface area contributed by atoms with Crippen molar-refractivity contribution < 1.29 is 4.74 Å². The minimum Gasteiger partial charge on any atom is -0.494 e. The highest BCUT2D eigenvalue weighted by Gasteiger charge is 2.22. The molecule has 4 rings (SSSR count). The van der Waals surface area contributed by atoms with Gasteiger partial charge in [0.15, 0.2) is 0 Å². The third kappa shape index (κ3) is 8.03. The van der Waals surface area contributed by atoms with Crippen LogP contribution in [0.25, 0.3) is 0 Å². The Hall–Kier alpha value is -2.46. The van der Waals surface area contributed by atoms with Crippen molar-refractivity contribution >= 4 is 0 Å². The lowest BCUT2D eigenvalue weighted by Gasteiger charge is -2.29. The van der Waals surface area contributed by atoms with Gasteiger partial charge in [-0.2, -0.15) is 0 Å². The molecule has 1 heteroatoms. The van der Waals surface area contributed by atoms with Crippen LogP contribution in [0.5, 0.6) is 5.75 Å². The Balaban J connectivity index is 1.18. The number of unbranched alkanes of at least 4 members (excludes halogenated alkanes) is 2. The summed E-state index contributed by atoms with van der Waals surface area (Å²) in [6, 6.07) is 17.9. The molecule has 2 saturated carbocycles. The molecule has 0 unspecified atom stereocenters. The molecule has 2 aliphatic rings. The fourth-order valence-corrected chi connectivity index (χ4v) is 6.26. The molecule has 0 N–H and O–H groups in total. The summed E-state index contributed by atoms with van der Waals surface area (Å²) in [6.45, 7) is 5.06. The summed E-state index contributed by atoms with van der Waals surface area (Å²) in [7, 11) is 0. The monoisotopic (exact) mass is 482 g/mol. The van der Waals surface area contributed by atoms with Crippen LogP contribution in [0.4, 0.5) is 0 Å². The van der Waals surface area contributed by atoms with Gasteiger partial charge in [0.1, 0.15) is 5.75 Å². The molecule has 0 spiro atoms. The Morgan fingerprint density at radius 1 is 0.750 bits per heavy atom. The summed E-state index contributed by atoms with van der Waals surface area (Å²) in [4.78, 5) is 0. The SMILES string of the molecule is CCCCCC1CCC(c2ccc(C#C/C=C/C3CCC(c4ccc(OCC)cc4)CC3)cc2)CC1. The van der Waals surface area contributed by atoms with Crippen molar-refractivity contribution in [2.75, 3.05) is 6.61 Å². The molecule has 0 bridgehead atoms. The number of benzene rings is 2. The maximum atomic E-state index is 5.58. The second-order valence-electron chi connectivity index (χ2n) is 11.1. The normalized spacial score (nSPS) is 24.3. The van der Waals surface area contributed by atoms with Gasteiger partial charge in [0, 0.05) is 5.56 Å². The van der Waals surface area contributed by atoms with Crippen molar-refractivity contribution in [3.05, 3.63) is 77.4 Å². The maximum absolute atomic E-state index is 5.58. The van der Waals surface area contributed by atoms with Crippen molar-refractivity contribution in [3.63, 3.8) is 0 Å². The van der Waals surface area contributed by atoms with Crippen LogP contribution in [0.1, 0.15) is 119 Å². The molecule has 0 atom stereocenters. The minimum absolute atomic E-state index is 0.665. The molecule has 0 saturated heterocycles. The lowest BCUT2D eigenvalue weighted by atomic mass is 9.77. The highest BCUT2D eigenvalue weighted by molar-refractivity contribution is 5.39. The van der Waals surface area contributed by atoms with E-state index in [1.807, 2.05) is 6.92 Å². The number of allylic oxidation sites excluding steroid dienone is 2. The smallest absolute Gasteiger partial charge is 0.119 e. The average Bonchev–Trinajstić information content (AvgIpc) is 2.93. The molecule has 0 amide bonds. The third-order valence-electron chi connectivity index (χ3n) is 8.55. The summed E-state index contributed by atoms with van der Waals surface area (Å²) in [5.41, 5.74) is 4.12. The van der Waals surface area contributed by atoms with Gasteiger partial charge in [-0.05, 0) is 123 Å². The quantitative estimate of drug-likeness (QED) is 0.255. The number of hydrogen-bond donors (Lipinski definition) is 0. The van der Waals surface area contributed by atoms with Gasteiger partial charge in [-0.1, -0.05) is 74.8 Å². The maximum Gasteiger partial charge on any atom is 0.119 e. The van der Waals surface area contributed by atoms with E-state index in [1.165, 1.54) is 88.2 Å².